The molecule has 7 heteroatoms. The molecule has 1 rings (SSSR count). The lowest BCUT2D eigenvalue weighted by molar-refractivity contribution is -0.146. The van der Waals surface area contributed by atoms with E-state index in [1.807, 2.05) is 13.0 Å². The molecule has 0 saturated heterocycles. The van der Waals surface area contributed by atoms with Crippen LogP contribution in [0, 0.1) is 6.92 Å². The number of aryl methyl sites for hydroxylation is 1. The Morgan fingerprint density at radius 1 is 1.42 bits per heavy atom. The topological polar surface area (TPSA) is 98.7 Å². The number of carboxylic acids is 1. The minimum absolute atomic E-state index is 0.0444. The summed E-state index contributed by atoms with van der Waals surface area (Å²) in [5.74, 6) is -1.32. The monoisotopic (exact) mass is 286 g/mol. The van der Waals surface area contributed by atoms with Crippen molar-refractivity contribution in [2.75, 3.05) is 11.9 Å². The molecular formula is C12H15ClN2O4. The summed E-state index contributed by atoms with van der Waals surface area (Å²) in [6, 6.07) is 4.69. The highest BCUT2D eigenvalue weighted by atomic mass is 35.5. The number of hydrogen-bond donors (Lipinski definition) is 4. The van der Waals surface area contributed by atoms with E-state index in [4.69, 9.17) is 21.8 Å². The van der Waals surface area contributed by atoms with Gasteiger partial charge in [-0.05, 0) is 24.6 Å². The molecule has 1 aromatic rings. The first-order valence-electron chi connectivity index (χ1n) is 5.62. The number of amides is 2. The van der Waals surface area contributed by atoms with Crippen molar-refractivity contribution in [2.45, 2.75) is 19.4 Å². The van der Waals surface area contributed by atoms with Crippen LogP contribution in [0.5, 0.6) is 0 Å². The fourth-order valence-corrected chi connectivity index (χ4v) is 1.51. The molecule has 0 heterocycles. The lowest BCUT2D eigenvalue weighted by atomic mass is 10.2. The van der Waals surface area contributed by atoms with Gasteiger partial charge in [0.1, 0.15) is 0 Å². The SMILES string of the molecule is Cc1ccc(Cl)c(NC(=O)NCC[C@H](O)C(=O)O)c1. The van der Waals surface area contributed by atoms with E-state index in [9.17, 15) is 9.59 Å². The van der Waals surface area contributed by atoms with Crippen molar-refractivity contribution in [1.29, 1.82) is 0 Å². The molecule has 0 aliphatic rings. The van der Waals surface area contributed by atoms with E-state index in [0.717, 1.165) is 5.56 Å². The van der Waals surface area contributed by atoms with Crippen molar-refractivity contribution in [2.24, 2.45) is 0 Å². The minimum Gasteiger partial charge on any atom is -0.479 e. The van der Waals surface area contributed by atoms with Crippen LogP contribution in [-0.2, 0) is 4.79 Å². The Morgan fingerprint density at radius 2 is 2.11 bits per heavy atom. The summed E-state index contributed by atoms with van der Waals surface area (Å²) in [4.78, 5) is 21.9. The Hall–Kier alpha value is -1.79. The number of benzene rings is 1. The van der Waals surface area contributed by atoms with Crippen LogP contribution in [0.3, 0.4) is 0 Å². The number of aliphatic hydroxyl groups excluding tert-OH is 1. The number of carboxylic acid groups (broad SMARTS) is 1. The number of anilines is 1. The van der Waals surface area contributed by atoms with Crippen LogP contribution in [0.15, 0.2) is 18.2 Å². The van der Waals surface area contributed by atoms with E-state index < -0.39 is 18.1 Å². The molecule has 2 amide bonds. The smallest absolute Gasteiger partial charge is 0.332 e. The summed E-state index contributed by atoms with van der Waals surface area (Å²) >= 11 is 5.91. The highest BCUT2D eigenvalue weighted by Gasteiger charge is 2.13. The zero-order valence-corrected chi connectivity index (χ0v) is 11.1. The van der Waals surface area contributed by atoms with Gasteiger partial charge >= 0.3 is 12.0 Å². The van der Waals surface area contributed by atoms with Crippen LogP contribution in [0.1, 0.15) is 12.0 Å². The van der Waals surface area contributed by atoms with Crippen LogP contribution in [0.25, 0.3) is 0 Å². The van der Waals surface area contributed by atoms with Crippen LogP contribution < -0.4 is 10.6 Å². The van der Waals surface area contributed by atoms with Crippen molar-refractivity contribution in [3.05, 3.63) is 28.8 Å². The molecule has 0 bridgehead atoms. The van der Waals surface area contributed by atoms with E-state index in [-0.39, 0.29) is 13.0 Å². The highest BCUT2D eigenvalue weighted by Crippen LogP contribution is 2.22. The Balaban J connectivity index is 2.43. The zero-order valence-electron chi connectivity index (χ0n) is 10.3. The van der Waals surface area contributed by atoms with Crippen molar-refractivity contribution in [1.82, 2.24) is 5.32 Å². The summed E-state index contributed by atoms with van der Waals surface area (Å²) in [5.41, 5.74) is 1.42. The Kier molecular flexibility index (Phi) is 5.59. The number of urea groups is 1. The molecule has 6 nitrogen and oxygen atoms in total. The summed E-state index contributed by atoms with van der Waals surface area (Å²) < 4.78 is 0. The van der Waals surface area contributed by atoms with E-state index in [2.05, 4.69) is 10.6 Å². The molecule has 1 aromatic carbocycles. The molecule has 0 aliphatic carbocycles. The number of aliphatic hydroxyl groups is 1. The van der Waals surface area contributed by atoms with Gasteiger partial charge in [-0.25, -0.2) is 9.59 Å². The van der Waals surface area contributed by atoms with Gasteiger partial charge in [0.15, 0.2) is 6.10 Å². The van der Waals surface area contributed by atoms with Crippen LogP contribution in [0.4, 0.5) is 10.5 Å². The molecule has 0 saturated carbocycles. The third-order valence-corrected chi connectivity index (χ3v) is 2.69. The molecular weight excluding hydrogens is 272 g/mol. The van der Waals surface area contributed by atoms with Gasteiger partial charge in [0.25, 0.3) is 0 Å². The molecule has 0 radical (unpaired) electrons. The first-order valence-corrected chi connectivity index (χ1v) is 6.00. The standard InChI is InChI=1S/C12H15ClN2O4/c1-7-2-3-8(13)9(6-7)15-12(19)14-5-4-10(16)11(17)18/h2-3,6,10,16H,4-5H2,1H3,(H,17,18)(H2,14,15,19)/t10-/m0/s1. The molecule has 0 fully saturated rings. The predicted molar refractivity (Wildman–Crippen MR) is 71.5 cm³/mol. The number of aliphatic carboxylic acids is 1. The van der Waals surface area contributed by atoms with Gasteiger partial charge in [-0.2, -0.15) is 0 Å². The van der Waals surface area contributed by atoms with Gasteiger partial charge in [0.05, 0.1) is 10.7 Å². The van der Waals surface area contributed by atoms with Gasteiger partial charge < -0.3 is 20.8 Å². The van der Waals surface area contributed by atoms with Gasteiger partial charge in [-0.1, -0.05) is 17.7 Å². The van der Waals surface area contributed by atoms with Crippen LogP contribution in [0.2, 0.25) is 5.02 Å². The zero-order chi connectivity index (χ0) is 14.4. The number of carbonyl (C=O) groups is 2. The highest BCUT2D eigenvalue weighted by molar-refractivity contribution is 6.33. The van der Waals surface area contributed by atoms with E-state index >= 15 is 0 Å². The lowest BCUT2D eigenvalue weighted by Gasteiger charge is -2.10. The molecule has 0 aliphatic heterocycles. The molecule has 19 heavy (non-hydrogen) atoms. The number of nitrogens with one attached hydrogen (secondary N) is 2. The van der Waals surface area contributed by atoms with Gasteiger partial charge in [0.2, 0.25) is 0 Å². The predicted octanol–water partition coefficient (Wildman–Crippen LogP) is 1.61. The average molecular weight is 287 g/mol. The number of halogens is 1. The largest absolute Gasteiger partial charge is 0.479 e. The maximum Gasteiger partial charge on any atom is 0.332 e. The number of hydrogen-bond acceptors (Lipinski definition) is 3. The Morgan fingerprint density at radius 3 is 2.74 bits per heavy atom. The first-order chi connectivity index (χ1) is 8.90. The summed E-state index contributed by atoms with van der Waals surface area (Å²) in [7, 11) is 0. The van der Waals surface area contributed by atoms with E-state index in [0.29, 0.717) is 10.7 Å². The average Bonchev–Trinajstić information content (AvgIpc) is 2.33. The Bertz CT molecular complexity index is 479. The van der Waals surface area contributed by atoms with Gasteiger partial charge in [-0.15, -0.1) is 0 Å². The first kappa shape index (κ1) is 15.3. The lowest BCUT2D eigenvalue weighted by Crippen LogP contribution is -2.33. The van der Waals surface area contributed by atoms with Crippen molar-refractivity contribution < 1.29 is 19.8 Å². The van der Waals surface area contributed by atoms with E-state index in [1.54, 1.807) is 12.1 Å². The van der Waals surface area contributed by atoms with Crippen LogP contribution in [-0.4, -0.2) is 34.9 Å². The van der Waals surface area contributed by atoms with Crippen molar-refractivity contribution in [3.8, 4) is 0 Å². The van der Waals surface area contributed by atoms with E-state index in [1.165, 1.54) is 0 Å². The minimum atomic E-state index is -1.48. The second-order valence-corrected chi connectivity index (χ2v) is 4.41. The molecule has 0 aromatic heterocycles. The Labute approximate surface area is 115 Å². The summed E-state index contributed by atoms with van der Waals surface area (Å²) in [6.45, 7) is 1.91. The fraction of sp³-hybridized carbons (Fsp3) is 0.333. The van der Waals surface area contributed by atoms with Crippen molar-refractivity contribution in [3.63, 3.8) is 0 Å². The molecule has 1 atom stereocenters. The van der Waals surface area contributed by atoms with Crippen molar-refractivity contribution >= 4 is 29.3 Å². The summed E-state index contributed by atoms with van der Waals surface area (Å²) in [6.07, 6.45) is -1.55. The number of carbonyl (C=O) groups excluding carboxylic acids is 1. The maximum absolute atomic E-state index is 11.5. The molecule has 104 valence electrons. The van der Waals surface area contributed by atoms with Gasteiger partial charge in [-0.3, -0.25) is 0 Å². The normalized spacial score (nSPS) is 11.7. The fourth-order valence-electron chi connectivity index (χ4n) is 1.35. The third kappa shape index (κ3) is 5.15. The molecule has 0 spiro atoms. The quantitative estimate of drug-likeness (QED) is 0.661. The third-order valence-electron chi connectivity index (χ3n) is 2.36. The molecule has 4 N–H and O–H groups in total. The second-order valence-electron chi connectivity index (χ2n) is 4.01. The second kappa shape index (κ2) is 6.96. The molecule has 0 unspecified atom stereocenters. The maximum atomic E-state index is 11.5. The van der Waals surface area contributed by atoms with Gasteiger partial charge in [0, 0.05) is 13.0 Å². The van der Waals surface area contributed by atoms with Crippen LogP contribution >= 0.6 is 11.6 Å². The summed E-state index contributed by atoms with van der Waals surface area (Å²) in [5, 5.41) is 22.9. The number of rotatable bonds is 5.